The molecule has 0 spiro atoms. The number of carbonyl (C=O) groups excluding carboxylic acids is 1. The van der Waals surface area contributed by atoms with E-state index in [4.69, 9.17) is 5.41 Å². The molecule has 0 unspecified atom stereocenters. The molecule has 0 fully saturated rings. The minimum absolute atomic E-state index is 0.233. The number of ketones is 1. The molecule has 2 N–H and O–H groups in total. The summed E-state index contributed by atoms with van der Waals surface area (Å²) in [6.07, 6.45) is 10.2. The Hall–Kier alpha value is -1.12. The molecule has 0 atom stereocenters. The molecule has 0 aromatic heterocycles. The number of allylic oxidation sites excluding steroid dienone is 1. The minimum atomic E-state index is 0.233. The van der Waals surface area contributed by atoms with Crippen molar-refractivity contribution in [2.75, 3.05) is 6.54 Å². The van der Waals surface area contributed by atoms with Crippen molar-refractivity contribution in [3.63, 3.8) is 0 Å². The lowest BCUT2D eigenvalue weighted by Gasteiger charge is -2.06. The maximum atomic E-state index is 10.9. The van der Waals surface area contributed by atoms with Gasteiger partial charge in [0.2, 0.25) is 0 Å². The smallest absolute Gasteiger partial charge is 0.130 e. The van der Waals surface area contributed by atoms with E-state index >= 15 is 0 Å². The molecule has 0 bridgehead atoms. The van der Waals surface area contributed by atoms with Crippen molar-refractivity contribution in [3.05, 3.63) is 11.8 Å². The van der Waals surface area contributed by atoms with Crippen LogP contribution in [-0.4, -0.2) is 18.5 Å². The first kappa shape index (κ1) is 15.9. The Balaban J connectivity index is 3.92. The van der Waals surface area contributed by atoms with E-state index in [1.54, 1.807) is 6.92 Å². The second-order valence-electron chi connectivity index (χ2n) is 4.41. The Kier molecular flexibility index (Phi) is 10.6. The minimum Gasteiger partial charge on any atom is -0.391 e. The largest absolute Gasteiger partial charge is 0.391 e. The fraction of sp³-hybridized carbons (Fsp3) is 0.714. The highest BCUT2D eigenvalue weighted by Crippen LogP contribution is 2.11. The molecule has 0 saturated heterocycles. The topological polar surface area (TPSA) is 53.0 Å². The average molecular weight is 238 g/mol. The summed E-state index contributed by atoms with van der Waals surface area (Å²) in [6, 6.07) is 0. The molecule has 0 rings (SSSR count). The van der Waals surface area contributed by atoms with Crippen molar-refractivity contribution in [2.45, 2.75) is 58.8 Å². The number of hydrogen-bond acceptors (Lipinski definition) is 3. The lowest BCUT2D eigenvalue weighted by atomic mass is 10.0. The Morgan fingerprint density at radius 1 is 1.24 bits per heavy atom. The van der Waals surface area contributed by atoms with Crippen LogP contribution in [0.25, 0.3) is 0 Å². The predicted octanol–water partition coefficient (Wildman–Crippen LogP) is 3.45. The fourth-order valence-corrected chi connectivity index (χ4v) is 1.56. The molecular formula is C14H26N2O. The maximum absolute atomic E-state index is 10.9. The van der Waals surface area contributed by atoms with Gasteiger partial charge in [0.25, 0.3) is 0 Å². The molecule has 0 saturated carbocycles. The summed E-state index contributed by atoms with van der Waals surface area (Å²) >= 11 is 0. The van der Waals surface area contributed by atoms with Gasteiger partial charge in [-0.25, -0.2) is 0 Å². The third kappa shape index (κ3) is 11.1. The number of carbonyl (C=O) groups is 1. The Bertz CT molecular complexity index is 247. The molecule has 0 amide bonds. The highest BCUT2D eigenvalue weighted by molar-refractivity contribution is 5.75. The van der Waals surface area contributed by atoms with E-state index in [1.165, 1.54) is 31.1 Å². The molecule has 0 heterocycles. The number of hydrogen-bond donors (Lipinski definition) is 2. The van der Waals surface area contributed by atoms with Crippen LogP contribution < -0.4 is 5.32 Å². The Labute approximate surface area is 105 Å². The van der Waals surface area contributed by atoms with E-state index in [0.29, 0.717) is 6.42 Å². The first-order chi connectivity index (χ1) is 8.20. The summed E-state index contributed by atoms with van der Waals surface area (Å²) in [7, 11) is 0. The van der Waals surface area contributed by atoms with E-state index in [1.807, 2.05) is 6.20 Å². The number of rotatable bonds is 11. The number of Topliss-reactive ketones (excluding diaryl/α,β-unsaturated/α-hetero) is 1. The highest BCUT2D eigenvalue weighted by Gasteiger charge is 2.00. The molecule has 98 valence electrons. The highest BCUT2D eigenvalue weighted by atomic mass is 16.1. The maximum Gasteiger partial charge on any atom is 0.130 e. The molecule has 0 aliphatic heterocycles. The van der Waals surface area contributed by atoms with Gasteiger partial charge in [-0.3, -0.25) is 0 Å². The summed E-state index contributed by atoms with van der Waals surface area (Å²) in [5, 5.41) is 10.3. The van der Waals surface area contributed by atoms with E-state index in [-0.39, 0.29) is 5.78 Å². The van der Waals surface area contributed by atoms with Crippen LogP contribution in [0.2, 0.25) is 0 Å². The zero-order valence-electron chi connectivity index (χ0n) is 11.2. The Morgan fingerprint density at radius 2 is 2.00 bits per heavy atom. The quantitative estimate of drug-likeness (QED) is 0.428. The third-order valence-corrected chi connectivity index (χ3v) is 2.64. The monoisotopic (exact) mass is 238 g/mol. The van der Waals surface area contributed by atoms with Gasteiger partial charge in [-0.15, -0.1) is 0 Å². The molecule has 3 heteroatoms. The third-order valence-electron chi connectivity index (χ3n) is 2.64. The van der Waals surface area contributed by atoms with Gasteiger partial charge in [0.1, 0.15) is 5.78 Å². The summed E-state index contributed by atoms with van der Waals surface area (Å²) in [5.74, 6) is 0.233. The second kappa shape index (κ2) is 11.4. The van der Waals surface area contributed by atoms with Crippen molar-refractivity contribution >= 4 is 12.0 Å². The van der Waals surface area contributed by atoms with Crippen LogP contribution in [0.15, 0.2) is 11.8 Å². The van der Waals surface area contributed by atoms with Crippen LogP contribution in [0, 0.1) is 5.41 Å². The van der Waals surface area contributed by atoms with E-state index in [2.05, 4.69) is 12.2 Å². The molecular weight excluding hydrogens is 212 g/mol. The molecule has 17 heavy (non-hydrogen) atoms. The normalized spacial score (nSPS) is 11.3. The zero-order chi connectivity index (χ0) is 12.9. The average Bonchev–Trinajstić information content (AvgIpc) is 2.31. The van der Waals surface area contributed by atoms with Gasteiger partial charge in [0.05, 0.1) is 0 Å². The molecule has 0 aromatic rings. The van der Waals surface area contributed by atoms with E-state index < -0.39 is 0 Å². The fourth-order valence-electron chi connectivity index (χ4n) is 1.56. The summed E-state index contributed by atoms with van der Waals surface area (Å²) in [4.78, 5) is 10.9. The van der Waals surface area contributed by atoms with Crippen molar-refractivity contribution in [2.24, 2.45) is 0 Å². The molecule has 0 aromatic carbocycles. The lowest BCUT2D eigenvalue weighted by Crippen LogP contribution is -2.08. The molecule has 0 radical (unpaired) electrons. The summed E-state index contributed by atoms with van der Waals surface area (Å²) < 4.78 is 0. The Morgan fingerprint density at radius 3 is 2.59 bits per heavy atom. The zero-order valence-corrected chi connectivity index (χ0v) is 11.2. The van der Waals surface area contributed by atoms with Crippen molar-refractivity contribution < 1.29 is 4.79 Å². The van der Waals surface area contributed by atoms with Crippen LogP contribution in [0.1, 0.15) is 58.8 Å². The van der Waals surface area contributed by atoms with Gasteiger partial charge in [0, 0.05) is 13.0 Å². The van der Waals surface area contributed by atoms with Crippen molar-refractivity contribution in [1.82, 2.24) is 5.32 Å². The van der Waals surface area contributed by atoms with Crippen LogP contribution >= 0.6 is 0 Å². The molecule has 3 nitrogen and oxygen atoms in total. The van der Waals surface area contributed by atoms with Crippen LogP contribution in [0.3, 0.4) is 0 Å². The molecule has 0 aliphatic rings. The first-order valence-corrected chi connectivity index (χ1v) is 6.60. The van der Waals surface area contributed by atoms with Crippen molar-refractivity contribution in [1.29, 1.82) is 5.41 Å². The van der Waals surface area contributed by atoms with Crippen LogP contribution in [-0.2, 0) is 4.79 Å². The van der Waals surface area contributed by atoms with Gasteiger partial charge in [0.15, 0.2) is 0 Å². The standard InChI is InChI=1S/C14H26N2O/c1-3-4-5-11-16-12-14(7-6-10-15)9-8-13(2)17/h10,12,15-16H,3-9,11H2,1-2H3/b14-12+,15-10?. The van der Waals surface area contributed by atoms with Gasteiger partial charge in [-0.05, 0) is 45.0 Å². The van der Waals surface area contributed by atoms with Gasteiger partial charge in [-0.2, -0.15) is 0 Å². The molecule has 0 aliphatic carbocycles. The SMILES string of the molecule is CCCCCN/C=C(\CCC=N)CCC(C)=O. The summed E-state index contributed by atoms with van der Waals surface area (Å²) in [6.45, 7) is 4.82. The van der Waals surface area contributed by atoms with Gasteiger partial charge < -0.3 is 15.5 Å². The summed E-state index contributed by atoms with van der Waals surface area (Å²) in [5.41, 5.74) is 1.25. The first-order valence-electron chi connectivity index (χ1n) is 6.60. The van der Waals surface area contributed by atoms with Crippen molar-refractivity contribution in [3.8, 4) is 0 Å². The van der Waals surface area contributed by atoms with Gasteiger partial charge in [-0.1, -0.05) is 25.3 Å². The number of nitrogens with one attached hydrogen (secondary N) is 2. The predicted molar refractivity (Wildman–Crippen MR) is 73.5 cm³/mol. The van der Waals surface area contributed by atoms with E-state index in [9.17, 15) is 4.79 Å². The van der Waals surface area contributed by atoms with E-state index in [0.717, 1.165) is 25.8 Å². The van der Waals surface area contributed by atoms with Crippen LogP contribution in [0.5, 0.6) is 0 Å². The van der Waals surface area contributed by atoms with Gasteiger partial charge >= 0.3 is 0 Å². The number of unbranched alkanes of at least 4 members (excludes halogenated alkanes) is 2. The lowest BCUT2D eigenvalue weighted by molar-refractivity contribution is -0.116. The second-order valence-corrected chi connectivity index (χ2v) is 4.41. The van der Waals surface area contributed by atoms with Crippen LogP contribution in [0.4, 0.5) is 0 Å².